The van der Waals surface area contributed by atoms with E-state index in [1.807, 2.05) is 31.7 Å². The molecule has 1 aromatic heterocycles. The van der Waals surface area contributed by atoms with Gasteiger partial charge in [-0.25, -0.2) is 4.98 Å². The van der Waals surface area contributed by atoms with Crippen molar-refractivity contribution in [3.05, 3.63) is 18.2 Å². The van der Waals surface area contributed by atoms with Gasteiger partial charge in [0.25, 0.3) is 0 Å². The Kier molecular flexibility index (Phi) is 3.70. The fourth-order valence-corrected chi connectivity index (χ4v) is 1.50. The predicted octanol–water partition coefficient (Wildman–Crippen LogP) is 0.376. The molecule has 90 valence electrons. The first-order chi connectivity index (χ1) is 7.34. The van der Waals surface area contributed by atoms with Crippen LogP contribution in [0.25, 0.3) is 0 Å². The molecule has 1 amide bonds. The van der Waals surface area contributed by atoms with E-state index in [-0.39, 0.29) is 5.91 Å². The van der Waals surface area contributed by atoms with Crippen LogP contribution in [0, 0.1) is 0 Å². The van der Waals surface area contributed by atoms with Crippen LogP contribution in [0.2, 0.25) is 0 Å². The van der Waals surface area contributed by atoms with Gasteiger partial charge in [-0.15, -0.1) is 0 Å². The van der Waals surface area contributed by atoms with Crippen LogP contribution in [0.15, 0.2) is 12.4 Å². The predicted molar refractivity (Wildman–Crippen MR) is 62.8 cm³/mol. The quantitative estimate of drug-likeness (QED) is 0.804. The summed E-state index contributed by atoms with van der Waals surface area (Å²) in [6, 6.07) is 0. The van der Waals surface area contributed by atoms with Gasteiger partial charge in [0, 0.05) is 33.5 Å². The summed E-state index contributed by atoms with van der Waals surface area (Å²) in [5, 5.41) is 3.21. The molecule has 0 unspecified atom stereocenters. The van der Waals surface area contributed by atoms with Crippen molar-refractivity contribution in [1.29, 1.82) is 0 Å². The van der Waals surface area contributed by atoms with Gasteiger partial charge in [-0.1, -0.05) is 0 Å². The summed E-state index contributed by atoms with van der Waals surface area (Å²) in [7, 11) is 5.45. The highest BCUT2D eigenvalue weighted by Crippen LogP contribution is 2.07. The van der Waals surface area contributed by atoms with Crippen molar-refractivity contribution in [3.8, 4) is 0 Å². The summed E-state index contributed by atoms with van der Waals surface area (Å²) in [5.41, 5.74) is -0.574. The van der Waals surface area contributed by atoms with Crippen LogP contribution < -0.4 is 5.32 Å². The number of hydrogen-bond acceptors (Lipinski definition) is 3. The molecule has 16 heavy (non-hydrogen) atoms. The Labute approximate surface area is 96.5 Å². The molecule has 0 bridgehead atoms. The standard InChI is InChI=1S/C11H20N4O/c1-11(2,10(16)14(3)4)13-8-9-12-6-7-15(9)5/h6-7,13H,8H2,1-5H3. The number of aromatic nitrogens is 2. The van der Waals surface area contributed by atoms with Crippen molar-refractivity contribution in [2.24, 2.45) is 7.05 Å². The zero-order valence-electron chi connectivity index (χ0n) is 10.6. The van der Waals surface area contributed by atoms with E-state index in [1.54, 1.807) is 25.2 Å². The number of likely N-dealkylation sites (N-methyl/N-ethyl adjacent to an activating group) is 1. The normalized spacial score (nSPS) is 11.6. The first-order valence-corrected chi connectivity index (χ1v) is 5.27. The lowest BCUT2D eigenvalue weighted by atomic mass is 10.0. The minimum Gasteiger partial charge on any atom is -0.347 e. The number of aryl methyl sites for hydroxylation is 1. The first kappa shape index (κ1) is 12.7. The van der Waals surface area contributed by atoms with Crippen LogP contribution >= 0.6 is 0 Å². The van der Waals surface area contributed by atoms with Crippen LogP contribution in [0.4, 0.5) is 0 Å². The Morgan fingerprint density at radius 2 is 2.19 bits per heavy atom. The van der Waals surface area contributed by atoms with Gasteiger partial charge in [-0.05, 0) is 13.8 Å². The maximum atomic E-state index is 11.8. The lowest BCUT2D eigenvalue weighted by Crippen LogP contribution is -2.51. The van der Waals surface area contributed by atoms with Crippen molar-refractivity contribution in [1.82, 2.24) is 19.8 Å². The van der Waals surface area contributed by atoms with Crippen LogP contribution in [-0.2, 0) is 18.4 Å². The molecule has 0 fully saturated rings. The maximum absolute atomic E-state index is 11.8. The zero-order valence-corrected chi connectivity index (χ0v) is 10.6. The smallest absolute Gasteiger partial charge is 0.241 e. The van der Waals surface area contributed by atoms with Crippen molar-refractivity contribution in [2.45, 2.75) is 25.9 Å². The van der Waals surface area contributed by atoms with E-state index in [9.17, 15) is 4.79 Å². The molecule has 1 N–H and O–H groups in total. The number of carbonyl (C=O) groups excluding carboxylic acids is 1. The molecule has 5 nitrogen and oxygen atoms in total. The number of imidazole rings is 1. The van der Waals surface area contributed by atoms with E-state index in [0.29, 0.717) is 6.54 Å². The maximum Gasteiger partial charge on any atom is 0.241 e. The van der Waals surface area contributed by atoms with Gasteiger partial charge in [0.2, 0.25) is 5.91 Å². The molecular formula is C11H20N4O. The number of nitrogens with one attached hydrogen (secondary N) is 1. The molecule has 1 heterocycles. The van der Waals surface area contributed by atoms with Gasteiger partial charge in [0.1, 0.15) is 5.82 Å². The summed E-state index contributed by atoms with van der Waals surface area (Å²) < 4.78 is 1.93. The van der Waals surface area contributed by atoms with Crippen LogP contribution in [0.3, 0.4) is 0 Å². The number of nitrogens with zero attached hydrogens (tertiary/aromatic N) is 3. The zero-order chi connectivity index (χ0) is 12.3. The molecule has 0 radical (unpaired) electrons. The van der Waals surface area contributed by atoms with Gasteiger partial charge < -0.3 is 9.47 Å². The van der Waals surface area contributed by atoms with Crippen LogP contribution in [0.1, 0.15) is 19.7 Å². The van der Waals surface area contributed by atoms with Crippen molar-refractivity contribution >= 4 is 5.91 Å². The Balaban J connectivity index is 2.61. The molecule has 5 heteroatoms. The summed E-state index contributed by atoms with van der Waals surface area (Å²) in [6.07, 6.45) is 3.63. The second kappa shape index (κ2) is 4.65. The monoisotopic (exact) mass is 224 g/mol. The van der Waals surface area contributed by atoms with E-state index in [2.05, 4.69) is 10.3 Å². The van der Waals surface area contributed by atoms with E-state index in [1.165, 1.54) is 0 Å². The Morgan fingerprint density at radius 1 is 1.56 bits per heavy atom. The third kappa shape index (κ3) is 2.82. The van der Waals surface area contributed by atoms with Crippen molar-refractivity contribution in [3.63, 3.8) is 0 Å². The number of rotatable bonds is 4. The highest BCUT2D eigenvalue weighted by molar-refractivity contribution is 5.84. The molecule has 0 aliphatic heterocycles. The number of amides is 1. The molecule has 0 aliphatic carbocycles. The Hall–Kier alpha value is -1.36. The second-order valence-corrected chi connectivity index (χ2v) is 4.63. The summed E-state index contributed by atoms with van der Waals surface area (Å²) in [6.45, 7) is 4.33. The minimum atomic E-state index is -0.574. The topological polar surface area (TPSA) is 50.2 Å². The second-order valence-electron chi connectivity index (χ2n) is 4.63. The molecule has 0 aromatic carbocycles. The fraction of sp³-hybridized carbons (Fsp3) is 0.636. The van der Waals surface area contributed by atoms with Gasteiger partial charge in [0.15, 0.2) is 0 Å². The Morgan fingerprint density at radius 3 is 2.62 bits per heavy atom. The largest absolute Gasteiger partial charge is 0.347 e. The van der Waals surface area contributed by atoms with Crippen LogP contribution in [0.5, 0.6) is 0 Å². The fourth-order valence-electron chi connectivity index (χ4n) is 1.50. The summed E-state index contributed by atoms with van der Waals surface area (Å²) in [4.78, 5) is 17.6. The molecule has 0 saturated heterocycles. The van der Waals surface area contributed by atoms with E-state index < -0.39 is 5.54 Å². The SMILES string of the molecule is CN(C)C(=O)C(C)(C)NCc1nccn1C. The Bertz CT molecular complexity index is 368. The van der Waals surface area contributed by atoms with Crippen LogP contribution in [-0.4, -0.2) is 40.0 Å². The highest BCUT2D eigenvalue weighted by Gasteiger charge is 2.28. The minimum absolute atomic E-state index is 0.0571. The van der Waals surface area contributed by atoms with Gasteiger partial charge in [-0.3, -0.25) is 10.1 Å². The molecule has 0 saturated carbocycles. The highest BCUT2D eigenvalue weighted by atomic mass is 16.2. The molecule has 0 spiro atoms. The average molecular weight is 224 g/mol. The van der Waals surface area contributed by atoms with Gasteiger partial charge in [-0.2, -0.15) is 0 Å². The molecule has 0 atom stereocenters. The summed E-state index contributed by atoms with van der Waals surface area (Å²) in [5.74, 6) is 0.973. The van der Waals surface area contributed by atoms with Crippen molar-refractivity contribution < 1.29 is 4.79 Å². The third-order valence-electron chi connectivity index (χ3n) is 2.55. The first-order valence-electron chi connectivity index (χ1n) is 5.27. The molecule has 1 rings (SSSR count). The molecule has 0 aliphatic rings. The molecular weight excluding hydrogens is 204 g/mol. The average Bonchev–Trinajstić information content (AvgIpc) is 2.60. The summed E-state index contributed by atoms with van der Waals surface area (Å²) >= 11 is 0. The lowest BCUT2D eigenvalue weighted by molar-refractivity contribution is -0.134. The third-order valence-corrected chi connectivity index (χ3v) is 2.55. The van der Waals surface area contributed by atoms with E-state index >= 15 is 0 Å². The van der Waals surface area contributed by atoms with Crippen molar-refractivity contribution in [2.75, 3.05) is 14.1 Å². The number of hydrogen-bond donors (Lipinski definition) is 1. The van der Waals surface area contributed by atoms with Gasteiger partial charge in [0.05, 0.1) is 12.1 Å². The number of carbonyl (C=O) groups is 1. The molecule has 1 aromatic rings. The lowest BCUT2D eigenvalue weighted by Gasteiger charge is -2.28. The van der Waals surface area contributed by atoms with E-state index in [4.69, 9.17) is 0 Å². The van der Waals surface area contributed by atoms with E-state index in [0.717, 1.165) is 5.82 Å². The van der Waals surface area contributed by atoms with Gasteiger partial charge >= 0.3 is 0 Å².